The number of sulfonamides is 1. The topological polar surface area (TPSA) is 92.8 Å². The van der Waals surface area contributed by atoms with Crippen LogP contribution in [0.25, 0.3) is 0 Å². The molecule has 1 unspecified atom stereocenters. The van der Waals surface area contributed by atoms with Gasteiger partial charge < -0.3 is 9.64 Å². The van der Waals surface area contributed by atoms with Crippen LogP contribution in [0.1, 0.15) is 6.42 Å². The summed E-state index contributed by atoms with van der Waals surface area (Å²) in [6.45, 7) is 0.268. The number of amides is 1. The lowest BCUT2D eigenvalue weighted by Crippen LogP contribution is -2.26. The van der Waals surface area contributed by atoms with Crippen molar-refractivity contribution in [1.82, 2.24) is 0 Å². The van der Waals surface area contributed by atoms with Gasteiger partial charge >= 0.3 is 5.97 Å². The van der Waals surface area contributed by atoms with Crippen molar-refractivity contribution < 1.29 is 22.7 Å². The first-order valence-corrected chi connectivity index (χ1v) is 8.15. The summed E-state index contributed by atoms with van der Waals surface area (Å²) in [5.74, 6) is -1.02. The molecule has 1 amide bonds. The molecule has 7 nitrogen and oxygen atoms in total. The van der Waals surface area contributed by atoms with Gasteiger partial charge in [-0.15, -0.1) is 0 Å². The average Bonchev–Trinajstić information content (AvgIpc) is 2.79. The average molecular weight is 312 g/mol. The fraction of sp³-hybridized carbons (Fsp3) is 0.385. The minimum absolute atomic E-state index is 0.121. The van der Waals surface area contributed by atoms with Crippen LogP contribution in [0.4, 0.5) is 11.4 Å². The number of benzene rings is 1. The lowest BCUT2D eigenvalue weighted by Gasteiger charge is -2.16. The highest BCUT2D eigenvalue weighted by Gasteiger charge is 2.35. The molecule has 21 heavy (non-hydrogen) atoms. The van der Waals surface area contributed by atoms with E-state index in [4.69, 9.17) is 0 Å². The Morgan fingerprint density at radius 1 is 1.33 bits per heavy atom. The number of ether oxygens (including phenoxy) is 1. The number of anilines is 2. The fourth-order valence-corrected chi connectivity index (χ4v) is 2.77. The normalized spacial score (nSPS) is 18.7. The van der Waals surface area contributed by atoms with Crippen LogP contribution < -0.4 is 9.62 Å². The predicted molar refractivity (Wildman–Crippen MR) is 77.4 cm³/mol. The van der Waals surface area contributed by atoms with Crippen molar-refractivity contribution in [3.8, 4) is 0 Å². The SMILES string of the molecule is COC(=O)C1CC(=O)N(c2ccc(NS(C)(=O)=O)cc2)C1. The summed E-state index contributed by atoms with van der Waals surface area (Å²) in [7, 11) is -2.04. The van der Waals surface area contributed by atoms with Crippen LogP contribution in [0.15, 0.2) is 24.3 Å². The minimum Gasteiger partial charge on any atom is -0.469 e. The number of nitrogens with zero attached hydrogens (tertiary/aromatic N) is 1. The molecule has 0 spiro atoms. The molecule has 0 aromatic heterocycles. The number of hydrogen-bond donors (Lipinski definition) is 1. The second-order valence-corrected chi connectivity index (χ2v) is 6.60. The van der Waals surface area contributed by atoms with Crippen molar-refractivity contribution >= 4 is 33.3 Å². The van der Waals surface area contributed by atoms with E-state index in [0.717, 1.165) is 6.26 Å². The fourth-order valence-electron chi connectivity index (χ4n) is 2.21. The lowest BCUT2D eigenvalue weighted by molar-refractivity contribution is -0.145. The van der Waals surface area contributed by atoms with Gasteiger partial charge in [-0.3, -0.25) is 14.3 Å². The van der Waals surface area contributed by atoms with E-state index < -0.39 is 21.9 Å². The third-order valence-electron chi connectivity index (χ3n) is 3.14. The summed E-state index contributed by atoms with van der Waals surface area (Å²) in [6.07, 6.45) is 1.18. The van der Waals surface area contributed by atoms with Gasteiger partial charge in [0, 0.05) is 24.3 Å². The maximum Gasteiger partial charge on any atom is 0.311 e. The molecule has 1 fully saturated rings. The molecule has 0 bridgehead atoms. The molecule has 8 heteroatoms. The molecular weight excluding hydrogens is 296 g/mol. The third kappa shape index (κ3) is 3.72. The zero-order valence-corrected chi connectivity index (χ0v) is 12.5. The first-order chi connectivity index (χ1) is 9.80. The van der Waals surface area contributed by atoms with E-state index in [0.29, 0.717) is 11.4 Å². The van der Waals surface area contributed by atoms with E-state index in [9.17, 15) is 18.0 Å². The first-order valence-electron chi connectivity index (χ1n) is 6.26. The Hall–Kier alpha value is -2.09. The van der Waals surface area contributed by atoms with Crippen LogP contribution in [0, 0.1) is 5.92 Å². The van der Waals surface area contributed by atoms with Gasteiger partial charge in [0.1, 0.15) is 0 Å². The number of nitrogens with one attached hydrogen (secondary N) is 1. The van der Waals surface area contributed by atoms with E-state index >= 15 is 0 Å². The number of esters is 1. The first kappa shape index (κ1) is 15.3. The van der Waals surface area contributed by atoms with Crippen molar-refractivity contribution in [2.45, 2.75) is 6.42 Å². The van der Waals surface area contributed by atoms with Crippen LogP contribution in [0.2, 0.25) is 0 Å². The smallest absolute Gasteiger partial charge is 0.311 e. The molecule has 1 atom stereocenters. The molecule has 2 rings (SSSR count). The van der Waals surface area contributed by atoms with E-state index in [1.807, 2.05) is 0 Å². The molecule has 114 valence electrons. The quantitative estimate of drug-likeness (QED) is 0.821. The largest absolute Gasteiger partial charge is 0.469 e. The summed E-state index contributed by atoms with van der Waals surface area (Å²) in [5, 5.41) is 0. The highest BCUT2D eigenvalue weighted by molar-refractivity contribution is 7.92. The number of hydrogen-bond acceptors (Lipinski definition) is 5. The molecular formula is C13H16N2O5S. The molecule has 0 radical (unpaired) electrons. The maximum absolute atomic E-state index is 11.9. The number of methoxy groups -OCH3 is 1. The summed E-state index contributed by atoms with van der Waals surface area (Å²) in [6, 6.07) is 6.39. The summed E-state index contributed by atoms with van der Waals surface area (Å²) < 4.78 is 29.2. The van der Waals surface area contributed by atoms with Gasteiger partial charge in [-0.2, -0.15) is 0 Å². The van der Waals surface area contributed by atoms with Crippen LogP contribution in [-0.4, -0.2) is 40.2 Å². The molecule has 1 aromatic rings. The lowest BCUT2D eigenvalue weighted by atomic mass is 10.1. The van der Waals surface area contributed by atoms with Gasteiger partial charge in [-0.05, 0) is 24.3 Å². The highest BCUT2D eigenvalue weighted by Crippen LogP contribution is 2.27. The predicted octanol–water partition coefficient (Wildman–Crippen LogP) is 0.584. The second-order valence-electron chi connectivity index (χ2n) is 4.85. The highest BCUT2D eigenvalue weighted by atomic mass is 32.2. The van der Waals surface area contributed by atoms with E-state index in [1.54, 1.807) is 24.3 Å². The molecule has 0 saturated carbocycles. The van der Waals surface area contributed by atoms with Gasteiger partial charge in [0.15, 0.2) is 0 Å². The Kier molecular flexibility index (Phi) is 4.17. The van der Waals surface area contributed by atoms with Crippen molar-refractivity contribution in [2.75, 3.05) is 29.5 Å². The third-order valence-corrected chi connectivity index (χ3v) is 3.75. The molecule has 0 aliphatic carbocycles. The maximum atomic E-state index is 11.9. The van der Waals surface area contributed by atoms with Crippen molar-refractivity contribution in [3.63, 3.8) is 0 Å². The van der Waals surface area contributed by atoms with Crippen LogP contribution in [-0.2, 0) is 24.3 Å². The van der Waals surface area contributed by atoms with Gasteiger partial charge in [0.25, 0.3) is 0 Å². The van der Waals surface area contributed by atoms with Crippen molar-refractivity contribution in [2.24, 2.45) is 5.92 Å². The van der Waals surface area contributed by atoms with Crippen LogP contribution in [0.5, 0.6) is 0 Å². The standard InChI is InChI=1S/C13H16N2O5S/c1-20-13(17)9-7-12(16)15(8-9)11-5-3-10(4-6-11)14-21(2,18)19/h3-6,9,14H,7-8H2,1-2H3. The molecule has 1 saturated heterocycles. The number of carbonyl (C=O) groups is 2. The van der Waals surface area contributed by atoms with Crippen LogP contribution >= 0.6 is 0 Å². The van der Waals surface area contributed by atoms with E-state index in [-0.39, 0.29) is 18.9 Å². The van der Waals surface area contributed by atoms with Crippen molar-refractivity contribution in [3.05, 3.63) is 24.3 Å². The summed E-state index contributed by atoms with van der Waals surface area (Å²) in [5.41, 5.74) is 1.03. The zero-order chi connectivity index (χ0) is 15.6. The Morgan fingerprint density at radius 2 is 1.95 bits per heavy atom. The second kappa shape index (κ2) is 5.72. The molecule has 1 aromatic carbocycles. The Bertz CT molecular complexity index is 654. The minimum atomic E-state index is -3.33. The molecule has 1 aliphatic rings. The van der Waals surface area contributed by atoms with Crippen LogP contribution in [0.3, 0.4) is 0 Å². The Morgan fingerprint density at radius 3 is 2.48 bits per heavy atom. The van der Waals surface area contributed by atoms with Gasteiger partial charge in [0.05, 0.1) is 19.3 Å². The number of rotatable bonds is 4. The van der Waals surface area contributed by atoms with Gasteiger partial charge in [-0.1, -0.05) is 0 Å². The Balaban J connectivity index is 2.12. The summed E-state index contributed by atoms with van der Waals surface area (Å²) in [4.78, 5) is 24.9. The molecule has 1 N–H and O–H groups in total. The van der Waals surface area contributed by atoms with Gasteiger partial charge in [0.2, 0.25) is 15.9 Å². The van der Waals surface area contributed by atoms with E-state index in [2.05, 4.69) is 9.46 Å². The van der Waals surface area contributed by atoms with Crippen molar-refractivity contribution in [1.29, 1.82) is 0 Å². The molecule has 1 heterocycles. The zero-order valence-electron chi connectivity index (χ0n) is 11.7. The van der Waals surface area contributed by atoms with E-state index in [1.165, 1.54) is 12.0 Å². The monoisotopic (exact) mass is 312 g/mol. The Labute approximate surface area is 122 Å². The molecule has 1 aliphatic heterocycles. The number of carbonyl (C=O) groups excluding carboxylic acids is 2. The summed E-state index contributed by atoms with van der Waals surface area (Å²) >= 11 is 0. The van der Waals surface area contributed by atoms with Gasteiger partial charge in [-0.25, -0.2) is 8.42 Å².